The molecule has 2 heterocycles. The Bertz CT molecular complexity index is 757. The Morgan fingerprint density at radius 2 is 2.05 bits per heavy atom. The van der Waals surface area contributed by atoms with Gasteiger partial charge in [-0.15, -0.1) is 11.3 Å². The Kier molecular flexibility index (Phi) is 3.06. The van der Waals surface area contributed by atoms with Gasteiger partial charge in [0.05, 0.1) is 10.4 Å². The SMILES string of the molecule is Cc1cc(-c2noc(N)c2-c2cccc(F)c2)sc1C. The number of halogens is 1. The summed E-state index contributed by atoms with van der Waals surface area (Å²) >= 11 is 1.62. The van der Waals surface area contributed by atoms with Crippen LogP contribution in [0, 0.1) is 19.7 Å². The topological polar surface area (TPSA) is 52.0 Å². The van der Waals surface area contributed by atoms with E-state index in [-0.39, 0.29) is 11.7 Å². The molecule has 20 heavy (non-hydrogen) atoms. The van der Waals surface area contributed by atoms with Gasteiger partial charge in [-0.3, -0.25) is 0 Å². The van der Waals surface area contributed by atoms with Crippen LogP contribution in [0.1, 0.15) is 10.4 Å². The second kappa shape index (κ2) is 4.76. The van der Waals surface area contributed by atoms with E-state index in [0.29, 0.717) is 16.8 Å². The van der Waals surface area contributed by atoms with E-state index in [4.69, 9.17) is 10.3 Å². The summed E-state index contributed by atoms with van der Waals surface area (Å²) < 4.78 is 18.5. The number of anilines is 1. The highest BCUT2D eigenvalue weighted by Gasteiger charge is 2.19. The lowest BCUT2D eigenvalue weighted by molar-refractivity contribution is 0.439. The number of benzene rings is 1. The van der Waals surface area contributed by atoms with Gasteiger partial charge in [-0.25, -0.2) is 4.39 Å². The molecule has 0 bridgehead atoms. The van der Waals surface area contributed by atoms with Gasteiger partial charge in [0.1, 0.15) is 11.5 Å². The number of aryl methyl sites for hydroxylation is 2. The van der Waals surface area contributed by atoms with Crippen molar-refractivity contribution < 1.29 is 8.91 Å². The Morgan fingerprint density at radius 1 is 1.25 bits per heavy atom. The van der Waals surface area contributed by atoms with Gasteiger partial charge in [-0.2, -0.15) is 0 Å². The van der Waals surface area contributed by atoms with E-state index in [1.807, 2.05) is 13.0 Å². The second-order valence-electron chi connectivity index (χ2n) is 4.63. The smallest absolute Gasteiger partial charge is 0.230 e. The van der Waals surface area contributed by atoms with Crippen LogP contribution in [0.3, 0.4) is 0 Å². The number of rotatable bonds is 2. The van der Waals surface area contributed by atoms with E-state index in [0.717, 1.165) is 4.88 Å². The number of nitrogens with two attached hydrogens (primary N) is 1. The molecule has 3 rings (SSSR count). The van der Waals surface area contributed by atoms with E-state index in [1.165, 1.54) is 22.6 Å². The Hall–Kier alpha value is -2.14. The van der Waals surface area contributed by atoms with Crippen molar-refractivity contribution in [2.24, 2.45) is 0 Å². The van der Waals surface area contributed by atoms with Crippen molar-refractivity contribution in [3.05, 3.63) is 46.6 Å². The molecule has 0 spiro atoms. The molecule has 0 aliphatic rings. The van der Waals surface area contributed by atoms with Crippen LogP contribution in [0.25, 0.3) is 21.7 Å². The summed E-state index contributed by atoms with van der Waals surface area (Å²) in [4.78, 5) is 2.19. The molecule has 0 radical (unpaired) electrons. The average Bonchev–Trinajstić information content (AvgIpc) is 2.93. The van der Waals surface area contributed by atoms with Gasteiger partial charge >= 0.3 is 0 Å². The second-order valence-corrected chi connectivity index (χ2v) is 5.89. The predicted octanol–water partition coefficient (Wildman–Crippen LogP) is 4.41. The molecule has 0 aliphatic heterocycles. The summed E-state index contributed by atoms with van der Waals surface area (Å²) in [6.07, 6.45) is 0. The maximum atomic E-state index is 13.4. The molecule has 0 amide bonds. The quantitative estimate of drug-likeness (QED) is 0.760. The van der Waals surface area contributed by atoms with Gasteiger partial charge in [0.25, 0.3) is 0 Å². The molecule has 0 atom stereocenters. The lowest BCUT2D eigenvalue weighted by atomic mass is 10.0. The molecule has 0 unspecified atom stereocenters. The van der Waals surface area contributed by atoms with E-state index >= 15 is 0 Å². The molecular weight excluding hydrogens is 275 g/mol. The molecule has 0 saturated carbocycles. The molecular formula is C15H13FN2OS. The minimum atomic E-state index is -0.312. The fourth-order valence-corrected chi connectivity index (χ4v) is 3.11. The van der Waals surface area contributed by atoms with Crippen molar-refractivity contribution in [2.45, 2.75) is 13.8 Å². The van der Waals surface area contributed by atoms with Crippen molar-refractivity contribution in [1.82, 2.24) is 5.16 Å². The van der Waals surface area contributed by atoms with Crippen LogP contribution >= 0.6 is 11.3 Å². The number of hydrogen-bond acceptors (Lipinski definition) is 4. The maximum absolute atomic E-state index is 13.4. The monoisotopic (exact) mass is 288 g/mol. The first-order chi connectivity index (χ1) is 9.56. The first-order valence-corrected chi connectivity index (χ1v) is 6.96. The lowest BCUT2D eigenvalue weighted by Crippen LogP contribution is -1.87. The molecule has 5 heteroatoms. The third kappa shape index (κ3) is 2.10. The summed E-state index contributed by atoms with van der Waals surface area (Å²) in [7, 11) is 0. The maximum Gasteiger partial charge on any atom is 0.230 e. The van der Waals surface area contributed by atoms with Gasteiger partial charge in [0, 0.05) is 4.88 Å². The van der Waals surface area contributed by atoms with Crippen molar-refractivity contribution in [3.8, 4) is 21.7 Å². The Morgan fingerprint density at radius 3 is 2.70 bits per heavy atom. The molecule has 0 aliphatic carbocycles. The number of thiophene rings is 1. The average molecular weight is 288 g/mol. The first-order valence-electron chi connectivity index (χ1n) is 6.14. The normalized spacial score (nSPS) is 10.9. The van der Waals surface area contributed by atoms with E-state index in [1.54, 1.807) is 23.5 Å². The zero-order valence-electron chi connectivity index (χ0n) is 11.1. The Balaban J connectivity index is 2.19. The first kappa shape index (κ1) is 12.9. The molecule has 3 nitrogen and oxygen atoms in total. The molecule has 0 fully saturated rings. The van der Waals surface area contributed by atoms with Crippen LogP contribution in [-0.2, 0) is 0 Å². The molecule has 2 aromatic heterocycles. The predicted molar refractivity (Wildman–Crippen MR) is 79.1 cm³/mol. The van der Waals surface area contributed by atoms with Crippen LogP contribution in [0.2, 0.25) is 0 Å². The zero-order chi connectivity index (χ0) is 14.3. The highest BCUT2D eigenvalue weighted by atomic mass is 32.1. The summed E-state index contributed by atoms with van der Waals surface area (Å²) in [6, 6.07) is 8.31. The third-order valence-corrected chi connectivity index (χ3v) is 4.39. The van der Waals surface area contributed by atoms with E-state index in [9.17, 15) is 4.39 Å². The van der Waals surface area contributed by atoms with Crippen molar-refractivity contribution in [1.29, 1.82) is 0 Å². The summed E-state index contributed by atoms with van der Waals surface area (Å²) in [5.41, 5.74) is 9.02. The fourth-order valence-electron chi connectivity index (χ4n) is 2.08. The molecule has 3 aromatic rings. The molecule has 102 valence electrons. The van der Waals surface area contributed by atoms with Gasteiger partial charge < -0.3 is 10.3 Å². The van der Waals surface area contributed by atoms with Crippen molar-refractivity contribution in [2.75, 3.05) is 5.73 Å². The van der Waals surface area contributed by atoms with Crippen LogP contribution < -0.4 is 5.73 Å². The van der Waals surface area contributed by atoms with Gasteiger partial charge in [0.2, 0.25) is 5.88 Å². The van der Waals surface area contributed by atoms with Gasteiger partial charge in [-0.05, 0) is 43.2 Å². The number of aromatic nitrogens is 1. The van der Waals surface area contributed by atoms with E-state index in [2.05, 4.69) is 12.1 Å². The minimum Gasteiger partial charge on any atom is -0.367 e. The lowest BCUT2D eigenvalue weighted by Gasteiger charge is -2.01. The van der Waals surface area contributed by atoms with Gasteiger partial charge in [0.15, 0.2) is 0 Å². The van der Waals surface area contributed by atoms with Crippen molar-refractivity contribution >= 4 is 17.2 Å². The van der Waals surface area contributed by atoms with Crippen LogP contribution in [0.4, 0.5) is 10.3 Å². The van der Waals surface area contributed by atoms with Crippen LogP contribution in [0.5, 0.6) is 0 Å². The highest BCUT2D eigenvalue weighted by molar-refractivity contribution is 7.15. The van der Waals surface area contributed by atoms with Crippen molar-refractivity contribution in [3.63, 3.8) is 0 Å². The van der Waals surface area contributed by atoms with Crippen LogP contribution in [0.15, 0.2) is 34.9 Å². The number of hydrogen-bond donors (Lipinski definition) is 1. The van der Waals surface area contributed by atoms with Gasteiger partial charge in [-0.1, -0.05) is 17.3 Å². The fraction of sp³-hybridized carbons (Fsp3) is 0.133. The molecule has 2 N–H and O–H groups in total. The highest BCUT2D eigenvalue weighted by Crippen LogP contribution is 2.40. The molecule has 1 aromatic carbocycles. The standard InChI is InChI=1S/C15H13FN2OS/c1-8-6-12(20-9(8)2)14-13(15(17)19-18-14)10-4-3-5-11(16)7-10/h3-7H,17H2,1-2H3. The zero-order valence-corrected chi connectivity index (χ0v) is 11.9. The van der Waals surface area contributed by atoms with Crippen LogP contribution in [-0.4, -0.2) is 5.16 Å². The largest absolute Gasteiger partial charge is 0.367 e. The molecule has 0 saturated heterocycles. The summed E-state index contributed by atoms with van der Waals surface area (Å²) in [5.74, 6) is -0.109. The Labute approximate surface area is 119 Å². The number of nitrogens with zero attached hydrogens (tertiary/aromatic N) is 1. The van der Waals surface area contributed by atoms with E-state index < -0.39 is 0 Å². The minimum absolute atomic E-state index is 0.203. The third-order valence-electron chi connectivity index (χ3n) is 3.23. The summed E-state index contributed by atoms with van der Waals surface area (Å²) in [5, 5.41) is 4.03. The number of nitrogen functional groups attached to an aromatic ring is 1. The summed E-state index contributed by atoms with van der Waals surface area (Å²) in [6.45, 7) is 4.09.